The van der Waals surface area contributed by atoms with Crippen LogP contribution in [-0.4, -0.2) is 28.9 Å². The maximum atomic E-state index is 11.2. The van der Waals surface area contributed by atoms with Crippen LogP contribution in [0.25, 0.3) is 0 Å². The molecule has 0 radical (unpaired) electrons. The van der Waals surface area contributed by atoms with Crippen molar-refractivity contribution in [3.8, 4) is 0 Å². The lowest BCUT2D eigenvalue weighted by Gasteiger charge is -2.14. The number of hydrogen-bond acceptors (Lipinski definition) is 4. The number of rotatable bonds is 4. The number of aromatic nitrogens is 2. The number of hydrogen-bond donors (Lipinski definition) is 1. The van der Waals surface area contributed by atoms with Crippen LogP contribution in [0.5, 0.6) is 0 Å². The van der Waals surface area contributed by atoms with E-state index in [1.165, 1.54) is 11.3 Å². The first kappa shape index (κ1) is 11.1. The highest BCUT2D eigenvalue weighted by Gasteiger charge is 2.14. The van der Waals surface area contributed by atoms with Crippen LogP contribution in [0.3, 0.4) is 0 Å². The Morgan fingerprint density at radius 2 is 2.56 bits per heavy atom. The van der Waals surface area contributed by atoms with Gasteiger partial charge in [0.1, 0.15) is 0 Å². The monoisotopic (exact) mass is 223 g/mol. The maximum absolute atomic E-state index is 11.2. The summed E-state index contributed by atoms with van der Waals surface area (Å²) >= 11 is 0. The van der Waals surface area contributed by atoms with Gasteiger partial charge in [0.05, 0.1) is 25.8 Å². The van der Waals surface area contributed by atoms with Crippen molar-refractivity contribution >= 4 is 5.97 Å². The highest BCUT2D eigenvalue weighted by molar-refractivity contribution is 5.69. The van der Waals surface area contributed by atoms with Crippen LogP contribution >= 0.6 is 0 Å². The molecule has 0 unspecified atom stereocenters. The molecule has 1 aliphatic heterocycles. The van der Waals surface area contributed by atoms with Gasteiger partial charge in [-0.3, -0.25) is 9.48 Å². The van der Waals surface area contributed by atoms with Gasteiger partial charge in [0.25, 0.3) is 0 Å². The summed E-state index contributed by atoms with van der Waals surface area (Å²) in [6.45, 7) is 4.75. The van der Waals surface area contributed by atoms with Gasteiger partial charge in [-0.1, -0.05) is 0 Å². The van der Waals surface area contributed by atoms with E-state index in [-0.39, 0.29) is 5.97 Å². The predicted octanol–water partition coefficient (Wildman–Crippen LogP) is 0.482. The SMILES string of the molecule is CCOC(=O)CCn1ncc2c1CCNC2. The van der Waals surface area contributed by atoms with Crippen molar-refractivity contribution in [2.24, 2.45) is 0 Å². The van der Waals surface area contributed by atoms with Crippen LogP contribution in [0, 0.1) is 0 Å². The van der Waals surface area contributed by atoms with E-state index in [9.17, 15) is 4.79 Å². The molecule has 0 amide bonds. The minimum Gasteiger partial charge on any atom is -0.466 e. The Balaban J connectivity index is 1.94. The Morgan fingerprint density at radius 3 is 3.38 bits per heavy atom. The molecular weight excluding hydrogens is 206 g/mol. The molecule has 2 heterocycles. The van der Waals surface area contributed by atoms with Crippen molar-refractivity contribution in [3.05, 3.63) is 17.5 Å². The molecule has 16 heavy (non-hydrogen) atoms. The number of fused-ring (bicyclic) bond motifs is 1. The second-order valence-corrected chi connectivity index (χ2v) is 3.82. The first-order chi connectivity index (χ1) is 7.81. The van der Waals surface area contributed by atoms with Gasteiger partial charge in [-0.05, 0) is 6.92 Å². The van der Waals surface area contributed by atoms with E-state index < -0.39 is 0 Å². The van der Waals surface area contributed by atoms with E-state index in [0.29, 0.717) is 19.6 Å². The largest absolute Gasteiger partial charge is 0.466 e. The van der Waals surface area contributed by atoms with Crippen molar-refractivity contribution in [3.63, 3.8) is 0 Å². The standard InChI is InChI=1S/C11H17N3O2/c1-2-16-11(15)4-6-14-10-3-5-12-7-9(10)8-13-14/h8,12H,2-7H2,1H3. The van der Waals surface area contributed by atoms with Gasteiger partial charge >= 0.3 is 5.97 Å². The smallest absolute Gasteiger partial charge is 0.307 e. The Morgan fingerprint density at radius 1 is 1.69 bits per heavy atom. The minimum atomic E-state index is -0.152. The normalized spacial score (nSPS) is 14.6. The zero-order valence-electron chi connectivity index (χ0n) is 9.53. The third-order valence-corrected chi connectivity index (χ3v) is 2.72. The van der Waals surface area contributed by atoms with Crippen LogP contribution in [0.2, 0.25) is 0 Å². The Labute approximate surface area is 94.8 Å². The summed E-state index contributed by atoms with van der Waals surface area (Å²) in [4.78, 5) is 11.2. The van der Waals surface area contributed by atoms with Crippen LogP contribution < -0.4 is 5.32 Å². The molecule has 1 aliphatic rings. The summed E-state index contributed by atoms with van der Waals surface area (Å²) < 4.78 is 6.82. The number of aryl methyl sites for hydroxylation is 1. The van der Waals surface area contributed by atoms with E-state index in [2.05, 4.69) is 10.4 Å². The summed E-state index contributed by atoms with van der Waals surface area (Å²) in [6.07, 6.45) is 3.26. The van der Waals surface area contributed by atoms with Gasteiger partial charge in [-0.25, -0.2) is 0 Å². The Kier molecular flexibility index (Phi) is 3.56. The molecule has 0 spiro atoms. The first-order valence-corrected chi connectivity index (χ1v) is 5.71. The van der Waals surface area contributed by atoms with Crippen LogP contribution in [0.4, 0.5) is 0 Å². The third kappa shape index (κ3) is 2.41. The number of ether oxygens (including phenoxy) is 1. The van der Waals surface area contributed by atoms with Crippen LogP contribution in [0.1, 0.15) is 24.6 Å². The summed E-state index contributed by atoms with van der Waals surface area (Å²) in [5.74, 6) is -0.152. The summed E-state index contributed by atoms with van der Waals surface area (Å²) in [7, 11) is 0. The number of nitrogens with one attached hydrogen (secondary N) is 1. The van der Waals surface area contributed by atoms with Gasteiger partial charge in [-0.15, -0.1) is 0 Å². The van der Waals surface area contributed by atoms with Crippen molar-refractivity contribution < 1.29 is 9.53 Å². The molecule has 0 bridgehead atoms. The maximum Gasteiger partial charge on any atom is 0.307 e. The average Bonchev–Trinajstić information content (AvgIpc) is 2.70. The summed E-state index contributed by atoms with van der Waals surface area (Å²) in [5, 5.41) is 7.59. The molecule has 0 fully saturated rings. The number of esters is 1. The van der Waals surface area contributed by atoms with E-state index in [1.54, 1.807) is 0 Å². The second-order valence-electron chi connectivity index (χ2n) is 3.82. The van der Waals surface area contributed by atoms with Gasteiger partial charge in [0.2, 0.25) is 0 Å². The van der Waals surface area contributed by atoms with E-state index >= 15 is 0 Å². The average molecular weight is 223 g/mol. The second kappa shape index (κ2) is 5.12. The third-order valence-electron chi connectivity index (χ3n) is 2.72. The van der Waals surface area contributed by atoms with Gasteiger partial charge in [0, 0.05) is 30.8 Å². The number of carbonyl (C=O) groups is 1. The van der Waals surface area contributed by atoms with Gasteiger partial charge < -0.3 is 10.1 Å². The van der Waals surface area contributed by atoms with Gasteiger partial charge in [-0.2, -0.15) is 5.10 Å². The summed E-state index contributed by atoms with van der Waals surface area (Å²) in [6, 6.07) is 0. The molecule has 5 heteroatoms. The first-order valence-electron chi connectivity index (χ1n) is 5.71. The Bertz CT molecular complexity index is 373. The number of carbonyl (C=O) groups excluding carboxylic acids is 1. The van der Waals surface area contributed by atoms with Crippen LogP contribution in [0.15, 0.2) is 6.20 Å². The van der Waals surface area contributed by atoms with E-state index in [1.807, 2.05) is 17.8 Å². The zero-order valence-corrected chi connectivity index (χ0v) is 9.53. The Hall–Kier alpha value is -1.36. The van der Waals surface area contributed by atoms with Crippen molar-refractivity contribution in [2.75, 3.05) is 13.2 Å². The fourth-order valence-corrected chi connectivity index (χ4v) is 1.94. The predicted molar refractivity (Wildman–Crippen MR) is 58.9 cm³/mol. The molecule has 1 N–H and O–H groups in total. The lowest BCUT2D eigenvalue weighted by molar-refractivity contribution is -0.143. The highest BCUT2D eigenvalue weighted by atomic mass is 16.5. The zero-order chi connectivity index (χ0) is 11.4. The molecule has 88 valence electrons. The minimum absolute atomic E-state index is 0.152. The quantitative estimate of drug-likeness (QED) is 0.754. The lowest BCUT2D eigenvalue weighted by atomic mass is 10.1. The fraction of sp³-hybridized carbons (Fsp3) is 0.636. The van der Waals surface area contributed by atoms with E-state index in [0.717, 1.165) is 19.5 Å². The van der Waals surface area contributed by atoms with Crippen molar-refractivity contribution in [1.82, 2.24) is 15.1 Å². The summed E-state index contributed by atoms with van der Waals surface area (Å²) in [5.41, 5.74) is 2.50. The molecule has 1 aromatic rings. The van der Waals surface area contributed by atoms with Gasteiger partial charge in [0.15, 0.2) is 0 Å². The topological polar surface area (TPSA) is 56.2 Å². The molecule has 5 nitrogen and oxygen atoms in total. The van der Waals surface area contributed by atoms with Crippen LogP contribution in [-0.2, 0) is 29.0 Å². The molecule has 2 rings (SSSR count). The molecule has 0 saturated carbocycles. The molecule has 0 aliphatic carbocycles. The molecule has 1 aromatic heterocycles. The van der Waals surface area contributed by atoms with Crippen molar-refractivity contribution in [2.45, 2.75) is 32.9 Å². The van der Waals surface area contributed by atoms with E-state index in [4.69, 9.17) is 4.74 Å². The molecule has 0 aromatic carbocycles. The lowest BCUT2D eigenvalue weighted by Crippen LogP contribution is -2.25. The molecule has 0 saturated heterocycles. The number of nitrogens with zero attached hydrogens (tertiary/aromatic N) is 2. The highest BCUT2D eigenvalue weighted by Crippen LogP contribution is 2.13. The fourth-order valence-electron chi connectivity index (χ4n) is 1.94. The van der Waals surface area contributed by atoms with Crippen molar-refractivity contribution in [1.29, 1.82) is 0 Å². The molecule has 0 atom stereocenters. The molecular formula is C11H17N3O2.